The number of benzene rings is 2. The van der Waals surface area contributed by atoms with Crippen molar-refractivity contribution in [3.63, 3.8) is 0 Å². The molecule has 0 aliphatic carbocycles. The maximum absolute atomic E-state index is 6.10. The van der Waals surface area contributed by atoms with E-state index in [2.05, 4.69) is 5.16 Å². The summed E-state index contributed by atoms with van der Waals surface area (Å²) in [5, 5.41) is 4.48. The lowest BCUT2D eigenvalue weighted by atomic mass is 10.1. The van der Waals surface area contributed by atoms with Crippen molar-refractivity contribution < 1.29 is 9.57 Å². The van der Waals surface area contributed by atoms with E-state index in [0.717, 1.165) is 11.3 Å². The molecule has 0 radical (unpaired) electrons. The number of rotatable bonds is 5. The maximum Gasteiger partial charge on any atom is 0.146 e. The van der Waals surface area contributed by atoms with Gasteiger partial charge in [-0.15, -0.1) is 0 Å². The number of nitrogen functional groups attached to an aromatic ring is 1. The highest BCUT2D eigenvalue weighted by molar-refractivity contribution is 6.32. The molecule has 0 aliphatic rings. The highest BCUT2D eigenvalue weighted by Crippen LogP contribution is 2.31. The van der Waals surface area contributed by atoms with Gasteiger partial charge in [0, 0.05) is 11.3 Å². The third-order valence-electron chi connectivity index (χ3n) is 2.77. The van der Waals surface area contributed by atoms with Gasteiger partial charge in [-0.3, -0.25) is 0 Å². The van der Waals surface area contributed by atoms with Crippen LogP contribution in [0, 0.1) is 0 Å². The van der Waals surface area contributed by atoms with E-state index in [9.17, 15) is 0 Å². The minimum atomic E-state index is 0.472. The Morgan fingerprint density at radius 1 is 1.24 bits per heavy atom. The van der Waals surface area contributed by atoms with Crippen LogP contribution in [0.25, 0.3) is 0 Å². The van der Waals surface area contributed by atoms with E-state index < -0.39 is 0 Å². The van der Waals surface area contributed by atoms with Crippen LogP contribution in [0.1, 0.15) is 19.4 Å². The van der Waals surface area contributed by atoms with Crippen molar-refractivity contribution >= 4 is 23.0 Å². The monoisotopic (exact) mass is 304 g/mol. The van der Waals surface area contributed by atoms with E-state index in [1.807, 2.05) is 38.1 Å². The van der Waals surface area contributed by atoms with Crippen LogP contribution in [-0.2, 0) is 4.84 Å². The van der Waals surface area contributed by atoms with E-state index in [1.54, 1.807) is 18.2 Å². The Balaban J connectivity index is 2.21. The van der Waals surface area contributed by atoms with E-state index in [0.29, 0.717) is 28.8 Å². The van der Waals surface area contributed by atoms with Crippen LogP contribution in [0.3, 0.4) is 0 Å². The molecular weight excluding hydrogens is 288 g/mol. The Bertz CT molecular complexity index is 656. The largest absolute Gasteiger partial charge is 0.456 e. The molecule has 0 atom stereocenters. The summed E-state index contributed by atoms with van der Waals surface area (Å²) < 4.78 is 5.78. The smallest absolute Gasteiger partial charge is 0.146 e. The topological polar surface area (TPSA) is 56.8 Å². The van der Waals surface area contributed by atoms with Crippen LogP contribution < -0.4 is 10.5 Å². The zero-order valence-corrected chi connectivity index (χ0v) is 12.7. The molecule has 2 N–H and O–H groups in total. The normalized spacial score (nSPS) is 11.3. The average molecular weight is 305 g/mol. The summed E-state index contributed by atoms with van der Waals surface area (Å²) in [6, 6.07) is 12.7. The molecular formula is C16H17ClN2O2. The SMILES string of the molecule is CCO/N=C(/C)c1cccc(Oc2ccc(N)cc2Cl)c1. The van der Waals surface area contributed by atoms with Crippen LogP contribution in [-0.4, -0.2) is 12.3 Å². The van der Waals surface area contributed by atoms with Crippen molar-refractivity contribution in [3.05, 3.63) is 53.1 Å². The maximum atomic E-state index is 6.10. The predicted octanol–water partition coefficient (Wildman–Crippen LogP) is 4.48. The summed E-state index contributed by atoms with van der Waals surface area (Å²) in [6.45, 7) is 4.30. The van der Waals surface area contributed by atoms with Gasteiger partial charge < -0.3 is 15.3 Å². The molecule has 0 unspecified atom stereocenters. The van der Waals surface area contributed by atoms with Gasteiger partial charge in [0.15, 0.2) is 0 Å². The molecule has 0 aromatic heterocycles. The molecule has 2 rings (SSSR count). The Kier molecular flexibility index (Phi) is 5.06. The van der Waals surface area contributed by atoms with Gasteiger partial charge in [0.25, 0.3) is 0 Å². The number of anilines is 1. The standard InChI is InChI=1S/C16H17ClN2O2/c1-3-20-19-11(2)12-5-4-6-14(9-12)21-16-8-7-13(18)10-15(16)17/h4-10H,3,18H2,1-2H3/b19-11-. The van der Waals surface area contributed by atoms with Crippen LogP contribution in [0.5, 0.6) is 11.5 Å². The number of hydrogen-bond acceptors (Lipinski definition) is 4. The van der Waals surface area contributed by atoms with Gasteiger partial charge in [-0.25, -0.2) is 0 Å². The summed E-state index contributed by atoms with van der Waals surface area (Å²) in [6.07, 6.45) is 0. The lowest BCUT2D eigenvalue weighted by Gasteiger charge is -2.09. The molecule has 4 nitrogen and oxygen atoms in total. The van der Waals surface area contributed by atoms with E-state index in [4.69, 9.17) is 26.9 Å². The Morgan fingerprint density at radius 2 is 2.05 bits per heavy atom. The fourth-order valence-electron chi connectivity index (χ4n) is 1.73. The van der Waals surface area contributed by atoms with Crippen LogP contribution in [0.15, 0.2) is 47.6 Å². The zero-order valence-electron chi connectivity index (χ0n) is 12.0. The summed E-state index contributed by atoms with van der Waals surface area (Å²) in [4.78, 5) is 5.05. The summed E-state index contributed by atoms with van der Waals surface area (Å²) in [5.41, 5.74) is 7.97. The molecule has 0 fully saturated rings. The first-order valence-electron chi connectivity index (χ1n) is 6.60. The van der Waals surface area contributed by atoms with Crippen molar-refractivity contribution in [2.75, 3.05) is 12.3 Å². The number of oxime groups is 1. The van der Waals surface area contributed by atoms with Gasteiger partial charge in [0.1, 0.15) is 18.1 Å². The van der Waals surface area contributed by atoms with Crippen LogP contribution >= 0.6 is 11.6 Å². The molecule has 0 amide bonds. The van der Waals surface area contributed by atoms with Crippen LogP contribution in [0.4, 0.5) is 5.69 Å². The number of hydrogen-bond donors (Lipinski definition) is 1. The molecule has 2 aromatic rings. The molecule has 110 valence electrons. The second-order valence-electron chi connectivity index (χ2n) is 4.41. The molecule has 0 spiro atoms. The Labute approximate surface area is 129 Å². The second kappa shape index (κ2) is 6.99. The lowest BCUT2D eigenvalue weighted by Crippen LogP contribution is -1.97. The van der Waals surface area contributed by atoms with E-state index >= 15 is 0 Å². The van der Waals surface area contributed by atoms with Gasteiger partial charge in [-0.2, -0.15) is 0 Å². The molecule has 0 aliphatic heterocycles. The third-order valence-corrected chi connectivity index (χ3v) is 3.06. The molecule has 0 saturated carbocycles. The average Bonchev–Trinajstić information content (AvgIpc) is 2.48. The molecule has 2 aromatic carbocycles. The zero-order chi connectivity index (χ0) is 15.2. The molecule has 0 saturated heterocycles. The van der Waals surface area contributed by atoms with Gasteiger partial charge in [-0.05, 0) is 44.2 Å². The fraction of sp³-hybridized carbons (Fsp3) is 0.188. The highest BCUT2D eigenvalue weighted by atomic mass is 35.5. The Hall–Kier alpha value is -2.20. The van der Waals surface area contributed by atoms with Gasteiger partial charge in [0.05, 0.1) is 10.7 Å². The van der Waals surface area contributed by atoms with Crippen molar-refractivity contribution in [2.24, 2.45) is 5.16 Å². The minimum Gasteiger partial charge on any atom is -0.456 e. The first-order chi connectivity index (χ1) is 10.1. The number of nitrogens with two attached hydrogens (primary N) is 1. The first-order valence-corrected chi connectivity index (χ1v) is 6.98. The number of halogens is 1. The van der Waals surface area contributed by atoms with Crippen LogP contribution in [0.2, 0.25) is 5.02 Å². The molecule has 5 heteroatoms. The van der Waals surface area contributed by atoms with Crippen molar-refractivity contribution in [2.45, 2.75) is 13.8 Å². The number of nitrogens with zero attached hydrogens (tertiary/aromatic N) is 1. The summed E-state index contributed by atoms with van der Waals surface area (Å²) >= 11 is 6.10. The van der Waals surface area contributed by atoms with Crippen molar-refractivity contribution in [1.29, 1.82) is 0 Å². The van der Waals surface area contributed by atoms with Crippen molar-refractivity contribution in [1.82, 2.24) is 0 Å². The third kappa shape index (κ3) is 4.13. The lowest BCUT2D eigenvalue weighted by molar-refractivity contribution is 0.159. The molecule has 0 bridgehead atoms. The van der Waals surface area contributed by atoms with Crippen molar-refractivity contribution in [3.8, 4) is 11.5 Å². The Morgan fingerprint density at radius 3 is 2.76 bits per heavy atom. The minimum absolute atomic E-state index is 0.472. The number of ether oxygens (including phenoxy) is 1. The van der Waals surface area contributed by atoms with E-state index in [-0.39, 0.29) is 0 Å². The summed E-state index contributed by atoms with van der Waals surface area (Å²) in [7, 11) is 0. The van der Waals surface area contributed by atoms with Gasteiger partial charge in [-0.1, -0.05) is 28.9 Å². The van der Waals surface area contributed by atoms with Gasteiger partial charge in [0.2, 0.25) is 0 Å². The molecule has 21 heavy (non-hydrogen) atoms. The van der Waals surface area contributed by atoms with E-state index in [1.165, 1.54) is 0 Å². The quantitative estimate of drug-likeness (QED) is 0.503. The molecule has 0 heterocycles. The first kappa shape index (κ1) is 15.2. The summed E-state index contributed by atoms with van der Waals surface area (Å²) in [5.74, 6) is 1.23. The highest BCUT2D eigenvalue weighted by Gasteiger charge is 2.05. The van der Waals surface area contributed by atoms with Gasteiger partial charge >= 0.3 is 0 Å². The second-order valence-corrected chi connectivity index (χ2v) is 4.82. The predicted molar refractivity (Wildman–Crippen MR) is 86.2 cm³/mol. The fourth-order valence-corrected chi connectivity index (χ4v) is 1.95.